The molecule has 1 aromatic heterocycles. The SMILES string of the molecule is COCCN(CC(C)C)c1nc(C(=O)CCl)cs1. The van der Waals surface area contributed by atoms with E-state index >= 15 is 0 Å². The van der Waals surface area contributed by atoms with Gasteiger partial charge in [-0.3, -0.25) is 4.79 Å². The number of hydrogen-bond acceptors (Lipinski definition) is 5. The summed E-state index contributed by atoms with van der Waals surface area (Å²) in [5.74, 6) is 0.374. The van der Waals surface area contributed by atoms with Crippen LogP contribution in [0.15, 0.2) is 5.38 Å². The number of ketones is 1. The molecular weight excluding hydrogens is 272 g/mol. The Kier molecular flexibility index (Phi) is 6.60. The van der Waals surface area contributed by atoms with Gasteiger partial charge in [-0.05, 0) is 5.92 Å². The van der Waals surface area contributed by atoms with Crippen molar-refractivity contribution in [1.29, 1.82) is 0 Å². The van der Waals surface area contributed by atoms with Crippen molar-refractivity contribution in [2.24, 2.45) is 5.92 Å². The summed E-state index contributed by atoms with van der Waals surface area (Å²) in [5.41, 5.74) is 0.455. The van der Waals surface area contributed by atoms with Gasteiger partial charge in [-0.1, -0.05) is 13.8 Å². The summed E-state index contributed by atoms with van der Waals surface area (Å²) < 4.78 is 5.10. The molecule has 0 fully saturated rings. The van der Waals surface area contributed by atoms with Gasteiger partial charge in [0.1, 0.15) is 5.69 Å². The number of anilines is 1. The lowest BCUT2D eigenvalue weighted by molar-refractivity contribution is 0.101. The summed E-state index contributed by atoms with van der Waals surface area (Å²) in [5, 5.41) is 2.62. The first kappa shape index (κ1) is 15.4. The van der Waals surface area contributed by atoms with Gasteiger partial charge in [0, 0.05) is 25.6 Å². The Balaban J connectivity index is 2.77. The fraction of sp³-hybridized carbons (Fsp3) is 0.667. The molecule has 0 amide bonds. The van der Waals surface area contributed by atoms with Crippen LogP contribution in [-0.4, -0.2) is 43.5 Å². The smallest absolute Gasteiger partial charge is 0.196 e. The molecule has 0 saturated heterocycles. The summed E-state index contributed by atoms with van der Waals surface area (Å²) in [7, 11) is 1.68. The van der Waals surface area contributed by atoms with Gasteiger partial charge < -0.3 is 9.64 Å². The molecule has 0 aliphatic heterocycles. The summed E-state index contributed by atoms with van der Waals surface area (Å²) >= 11 is 7.00. The van der Waals surface area contributed by atoms with Gasteiger partial charge in [-0.25, -0.2) is 4.98 Å². The van der Waals surface area contributed by atoms with Gasteiger partial charge in [0.2, 0.25) is 0 Å². The summed E-state index contributed by atoms with van der Waals surface area (Å²) in [6.45, 7) is 6.61. The molecule has 0 spiro atoms. The lowest BCUT2D eigenvalue weighted by atomic mass is 10.2. The highest BCUT2D eigenvalue weighted by Gasteiger charge is 2.15. The molecule has 0 unspecified atom stereocenters. The van der Waals surface area contributed by atoms with E-state index in [2.05, 4.69) is 23.7 Å². The molecule has 0 saturated carbocycles. The van der Waals surface area contributed by atoms with Crippen molar-refractivity contribution < 1.29 is 9.53 Å². The summed E-state index contributed by atoms with van der Waals surface area (Å²) in [6.07, 6.45) is 0. The topological polar surface area (TPSA) is 42.4 Å². The quantitative estimate of drug-likeness (QED) is 0.545. The Morgan fingerprint density at radius 3 is 2.89 bits per heavy atom. The number of carbonyl (C=O) groups is 1. The van der Waals surface area contributed by atoms with Crippen LogP contribution < -0.4 is 4.90 Å². The zero-order valence-corrected chi connectivity index (χ0v) is 12.6. The average molecular weight is 291 g/mol. The van der Waals surface area contributed by atoms with Crippen molar-refractivity contribution >= 4 is 33.9 Å². The molecule has 0 bridgehead atoms. The predicted molar refractivity (Wildman–Crippen MR) is 76.1 cm³/mol. The Morgan fingerprint density at radius 2 is 2.33 bits per heavy atom. The van der Waals surface area contributed by atoms with Crippen LogP contribution >= 0.6 is 22.9 Å². The highest BCUT2D eigenvalue weighted by atomic mass is 35.5. The van der Waals surface area contributed by atoms with Gasteiger partial charge in [-0.15, -0.1) is 22.9 Å². The largest absolute Gasteiger partial charge is 0.383 e. The summed E-state index contributed by atoms with van der Waals surface area (Å²) in [4.78, 5) is 17.9. The van der Waals surface area contributed by atoms with Gasteiger partial charge in [0.25, 0.3) is 0 Å². The fourth-order valence-electron chi connectivity index (χ4n) is 1.51. The number of alkyl halides is 1. The predicted octanol–water partition coefficient (Wildman–Crippen LogP) is 2.67. The molecule has 1 rings (SSSR count). The van der Waals surface area contributed by atoms with Crippen LogP contribution in [0.25, 0.3) is 0 Å². The molecule has 1 heterocycles. The normalized spacial score (nSPS) is 10.9. The van der Waals surface area contributed by atoms with Crippen LogP contribution in [0.3, 0.4) is 0 Å². The number of nitrogens with zero attached hydrogens (tertiary/aromatic N) is 2. The number of rotatable bonds is 8. The van der Waals surface area contributed by atoms with E-state index in [1.54, 1.807) is 12.5 Å². The van der Waals surface area contributed by atoms with Gasteiger partial charge in [0.05, 0.1) is 12.5 Å². The molecule has 4 nitrogen and oxygen atoms in total. The van der Waals surface area contributed by atoms with Crippen molar-refractivity contribution in [1.82, 2.24) is 4.98 Å². The second kappa shape index (κ2) is 7.71. The molecule has 0 aliphatic carbocycles. The van der Waals surface area contributed by atoms with E-state index in [1.165, 1.54) is 11.3 Å². The van der Waals surface area contributed by atoms with E-state index < -0.39 is 0 Å². The zero-order valence-electron chi connectivity index (χ0n) is 11.0. The third kappa shape index (κ3) is 4.55. The van der Waals surface area contributed by atoms with Crippen LogP contribution in [0.5, 0.6) is 0 Å². The van der Waals surface area contributed by atoms with Crippen molar-refractivity contribution in [2.75, 3.05) is 37.6 Å². The highest BCUT2D eigenvalue weighted by Crippen LogP contribution is 2.22. The number of ether oxygens (including phenoxy) is 1. The molecular formula is C12H19ClN2O2S. The van der Waals surface area contributed by atoms with E-state index in [-0.39, 0.29) is 11.7 Å². The first-order chi connectivity index (χ1) is 8.58. The molecule has 18 heavy (non-hydrogen) atoms. The lowest BCUT2D eigenvalue weighted by Gasteiger charge is -2.23. The van der Waals surface area contributed by atoms with Crippen molar-refractivity contribution in [3.05, 3.63) is 11.1 Å². The van der Waals surface area contributed by atoms with Gasteiger partial charge in [0.15, 0.2) is 10.9 Å². The highest BCUT2D eigenvalue weighted by molar-refractivity contribution is 7.14. The van der Waals surface area contributed by atoms with Crippen molar-refractivity contribution in [3.8, 4) is 0 Å². The standard InChI is InChI=1S/C12H19ClN2O2S/c1-9(2)7-15(4-5-17-3)12-14-10(8-18-12)11(16)6-13/h8-9H,4-7H2,1-3H3. The molecule has 0 atom stereocenters. The van der Waals surface area contributed by atoms with Gasteiger partial charge in [-0.2, -0.15) is 0 Å². The molecule has 0 aromatic carbocycles. The second-order valence-corrected chi connectivity index (χ2v) is 5.51. The fourth-order valence-corrected chi connectivity index (χ4v) is 2.52. The average Bonchev–Trinajstić information content (AvgIpc) is 2.82. The Morgan fingerprint density at radius 1 is 1.61 bits per heavy atom. The zero-order chi connectivity index (χ0) is 13.5. The minimum atomic E-state index is -0.129. The van der Waals surface area contributed by atoms with Crippen LogP contribution in [0.2, 0.25) is 0 Å². The molecule has 0 radical (unpaired) electrons. The third-order valence-corrected chi connectivity index (χ3v) is 3.46. The number of thiazole rings is 1. The number of Topliss-reactive ketones (excluding diaryl/α,β-unsaturated/α-hetero) is 1. The van der Waals surface area contributed by atoms with Crippen LogP contribution in [0.1, 0.15) is 24.3 Å². The van der Waals surface area contributed by atoms with Crippen LogP contribution in [-0.2, 0) is 4.74 Å². The molecule has 0 N–H and O–H groups in total. The van der Waals surface area contributed by atoms with Crippen LogP contribution in [0.4, 0.5) is 5.13 Å². The first-order valence-electron chi connectivity index (χ1n) is 5.87. The van der Waals surface area contributed by atoms with E-state index in [4.69, 9.17) is 16.3 Å². The molecule has 102 valence electrons. The van der Waals surface area contributed by atoms with Crippen LogP contribution in [0, 0.1) is 5.92 Å². The number of halogens is 1. The summed E-state index contributed by atoms with van der Waals surface area (Å²) in [6, 6.07) is 0. The minimum absolute atomic E-state index is 0.0224. The maximum absolute atomic E-state index is 11.5. The molecule has 6 heteroatoms. The maximum Gasteiger partial charge on any atom is 0.196 e. The Labute approximate surface area is 117 Å². The molecule has 0 aliphatic rings. The number of methoxy groups -OCH3 is 1. The molecule has 1 aromatic rings. The number of carbonyl (C=O) groups excluding carboxylic acids is 1. The maximum atomic E-state index is 11.5. The number of aromatic nitrogens is 1. The second-order valence-electron chi connectivity index (χ2n) is 4.40. The third-order valence-electron chi connectivity index (χ3n) is 2.32. The first-order valence-corrected chi connectivity index (χ1v) is 7.28. The van der Waals surface area contributed by atoms with E-state index in [0.29, 0.717) is 18.2 Å². The van der Waals surface area contributed by atoms with Gasteiger partial charge >= 0.3 is 0 Å². The number of hydrogen-bond donors (Lipinski definition) is 0. The van der Waals surface area contributed by atoms with Crippen molar-refractivity contribution in [3.63, 3.8) is 0 Å². The Hall–Kier alpha value is -0.650. The monoisotopic (exact) mass is 290 g/mol. The van der Waals surface area contributed by atoms with E-state index in [0.717, 1.165) is 18.2 Å². The van der Waals surface area contributed by atoms with E-state index in [1.807, 2.05) is 0 Å². The van der Waals surface area contributed by atoms with E-state index in [9.17, 15) is 4.79 Å². The minimum Gasteiger partial charge on any atom is -0.383 e. The Bertz CT molecular complexity index is 382. The lowest BCUT2D eigenvalue weighted by Crippen LogP contribution is -2.30. The van der Waals surface area contributed by atoms with Crippen molar-refractivity contribution in [2.45, 2.75) is 13.8 Å².